The maximum absolute atomic E-state index is 12.4. The van der Waals surface area contributed by atoms with E-state index in [-0.39, 0.29) is 5.78 Å². The van der Waals surface area contributed by atoms with Gasteiger partial charge < -0.3 is 5.73 Å². The molecule has 0 amide bonds. The molecule has 39 heavy (non-hydrogen) atoms. The van der Waals surface area contributed by atoms with Gasteiger partial charge in [-0.25, -0.2) is 0 Å². The van der Waals surface area contributed by atoms with Crippen LogP contribution < -0.4 is 5.73 Å². The van der Waals surface area contributed by atoms with Crippen molar-refractivity contribution in [3.05, 3.63) is 130 Å². The Kier molecular flexibility index (Phi) is 9.77. The van der Waals surface area contributed by atoms with E-state index in [0.717, 1.165) is 50.9 Å². The highest BCUT2D eigenvalue weighted by atomic mass is 16.1. The van der Waals surface area contributed by atoms with Crippen molar-refractivity contribution >= 4 is 23.6 Å². The van der Waals surface area contributed by atoms with Gasteiger partial charge in [0.1, 0.15) is 0 Å². The molecule has 0 fully saturated rings. The molecular formula is C36H42N2O. The molecule has 0 aliphatic heterocycles. The summed E-state index contributed by atoms with van der Waals surface area (Å²) in [4.78, 5) is 17.0. The fourth-order valence-electron chi connectivity index (χ4n) is 4.63. The van der Waals surface area contributed by atoms with Gasteiger partial charge in [0, 0.05) is 12.4 Å². The van der Waals surface area contributed by atoms with Gasteiger partial charge in [-0.15, -0.1) is 0 Å². The third kappa shape index (κ3) is 6.79. The Morgan fingerprint density at radius 3 is 2.26 bits per heavy atom. The van der Waals surface area contributed by atoms with Crippen LogP contribution in [0.25, 0.3) is 11.6 Å². The third-order valence-electron chi connectivity index (χ3n) is 7.60. The van der Waals surface area contributed by atoms with Gasteiger partial charge in [0.15, 0.2) is 5.78 Å². The lowest BCUT2D eigenvalue weighted by molar-refractivity contribution is -0.112. The molecule has 0 bridgehead atoms. The number of carbonyl (C=O) groups excluding carboxylic acids is 1. The Morgan fingerprint density at radius 1 is 0.974 bits per heavy atom. The second-order valence-electron chi connectivity index (χ2n) is 10.6. The number of ketones is 1. The van der Waals surface area contributed by atoms with Crippen LogP contribution >= 0.6 is 0 Å². The van der Waals surface area contributed by atoms with Gasteiger partial charge in [-0.3, -0.25) is 9.79 Å². The molecule has 0 aliphatic carbocycles. The van der Waals surface area contributed by atoms with Crippen molar-refractivity contribution in [2.24, 2.45) is 16.6 Å². The summed E-state index contributed by atoms with van der Waals surface area (Å²) in [6.45, 7) is 18.1. The van der Waals surface area contributed by atoms with Crippen molar-refractivity contribution in [3.63, 3.8) is 0 Å². The predicted molar refractivity (Wildman–Crippen MR) is 168 cm³/mol. The smallest absolute Gasteiger partial charge is 0.153 e. The molecule has 0 aromatic heterocycles. The molecule has 0 saturated carbocycles. The van der Waals surface area contributed by atoms with Crippen LogP contribution in [0.2, 0.25) is 0 Å². The summed E-state index contributed by atoms with van der Waals surface area (Å²) < 4.78 is 0. The van der Waals surface area contributed by atoms with Crippen LogP contribution in [0, 0.1) is 26.7 Å². The minimum Gasteiger partial charge on any atom is -0.314 e. The maximum Gasteiger partial charge on any atom is 0.153 e. The van der Waals surface area contributed by atoms with Crippen LogP contribution in [-0.2, 0) is 10.3 Å². The summed E-state index contributed by atoms with van der Waals surface area (Å²) in [7, 11) is 0. The first kappa shape index (κ1) is 29.7. The van der Waals surface area contributed by atoms with Crippen molar-refractivity contribution in [2.75, 3.05) is 0 Å². The largest absolute Gasteiger partial charge is 0.314 e. The highest BCUT2D eigenvalue weighted by Gasteiger charge is 2.33. The van der Waals surface area contributed by atoms with Gasteiger partial charge >= 0.3 is 0 Å². The van der Waals surface area contributed by atoms with Crippen molar-refractivity contribution in [3.8, 4) is 0 Å². The summed E-state index contributed by atoms with van der Waals surface area (Å²) in [5, 5.41) is 0. The highest BCUT2D eigenvalue weighted by molar-refractivity contribution is 5.99. The monoisotopic (exact) mass is 518 g/mol. The minimum absolute atomic E-state index is 0.0116. The Morgan fingerprint density at radius 2 is 1.64 bits per heavy atom. The number of allylic oxidation sites excluding steroid dienone is 1. The molecule has 0 aliphatic rings. The third-order valence-corrected chi connectivity index (χ3v) is 7.60. The molecule has 202 valence electrons. The lowest BCUT2D eigenvalue weighted by Crippen LogP contribution is -2.39. The average Bonchev–Trinajstić information content (AvgIpc) is 2.92. The van der Waals surface area contributed by atoms with E-state index in [1.165, 1.54) is 11.1 Å². The molecule has 3 aromatic carbocycles. The van der Waals surface area contributed by atoms with E-state index in [4.69, 9.17) is 5.73 Å². The van der Waals surface area contributed by atoms with E-state index >= 15 is 0 Å². The van der Waals surface area contributed by atoms with Gasteiger partial charge in [0.2, 0.25) is 0 Å². The Bertz CT molecular complexity index is 1460. The van der Waals surface area contributed by atoms with Gasteiger partial charge in [-0.1, -0.05) is 75.0 Å². The number of aliphatic imine (C=N–C) groups is 1. The molecule has 2 unspecified atom stereocenters. The Balaban J connectivity index is 2.30. The number of nitrogens with zero attached hydrogens (tertiary/aromatic N) is 1. The van der Waals surface area contributed by atoms with Crippen molar-refractivity contribution in [2.45, 2.75) is 60.4 Å². The second-order valence-corrected chi connectivity index (χ2v) is 10.6. The number of hydrogen-bond acceptors (Lipinski definition) is 3. The molecule has 2 N–H and O–H groups in total. The molecule has 3 heteroatoms. The zero-order chi connectivity index (χ0) is 28.7. The van der Waals surface area contributed by atoms with Crippen molar-refractivity contribution in [1.29, 1.82) is 0 Å². The maximum atomic E-state index is 12.4. The van der Waals surface area contributed by atoms with Crippen LogP contribution in [0.1, 0.15) is 78.6 Å². The Hall–Kier alpha value is -3.82. The van der Waals surface area contributed by atoms with E-state index in [0.29, 0.717) is 5.92 Å². The molecule has 0 radical (unpaired) electrons. The van der Waals surface area contributed by atoms with E-state index in [1.54, 1.807) is 13.0 Å². The summed E-state index contributed by atoms with van der Waals surface area (Å²) >= 11 is 0. The lowest BCUT2D eigenvalue weighted by atomic mass is 9.76. The number of nitrogens with two attached hydrogens (primary N) is 1. The molecule has 0 heterocycles. The second kappa shape index (κ2) is 12.8. The number of carbonyl (C=O) groups is 1. The van der Waals surface area contributed by atoms with E-state index in [9.17, 15) is 4.79 Å². The normalized spacial score (nSPS) is 14.8. The molecule has 2 atom stereocenters. The van der Waals surface area contributed by atoms with Gasteiger partial charge in [0.25, 0.3) is 0 Å². The standard InChI is InChI=1S/C36H42N2O/c1-9-24(3)22-38-23-28(7)36(37,32-16-14-25(4)27(6)18-32)33-17-15-26(5)34(21-33)35(19-29(8)39)31-13-11-12-30(10-2)20-31/h10-24H,2,9,37H2,1,3-8H3/b28-23+,35-19-,38-22?. The highest BCUT2D eigenvalue weighted by Crippen LogP contribution is 2.38. The zero-order valence-corrected chi connectivity index (χ0v) is 24.5. The number of rotatable bonds is 10. The van der Waals surface area contributed by atoms with Crippen LogP contribution in [0.3, 0.4) is 0 Å². The molecule has 3 nitrogen and oxygen atoms in total. The quantitative estimate of drug-likeness (QED) is 0.216. The SMILES string of the molecule is C=Cc1cccc(/C(=C/C(C)=O)c2cc(C(N)(/C(C)=C/N=CC(C)CC)c3ccc(C)c(C)c3)ccc2C)c1. The van der Waals surface area contributed by atoms with Crippen molar-refractivity contribution < 1.29 is 4.79 Å². The number of benzene rings is 3. The van der Waals surface area contributed by atoms with Crippen LogP contribution in [-0.4, -0.2) is 12.0 Å². The van der Waals surface area contributed by atoms with E-state index in [1.807, 2.05) is 43.6 Å². The van der Waals surface area contributed by atoms with Crippen molar-refractivity contribution in [1.82, 2.24) is 0 Å². The van der Waals surface area contributed by atoms with E-state index < -0.39 is 5.54 Å². The average molecular weight is 519 g/mol. The predicted octanol–water partition coefficient (Wildman–Crippen LogP) is 8.50. The number of hydrogen-bond donors (Lipinski definition) is 1. The van der Waals surface area contributed by atoms with Crippen LogP contribution in [0.5, 0.6) is 0 Å². The first-order valence-corrected chi connectivity index (χ1v) is 13.6. The lowest BCUT2D eigenvalue weighted by Gasteiger charge is -2.33. The summed E-state index contributed by atoms with van der Waals surface area (Å²) in [6, 6.07) is 20.8. The van der Waals surface area contributed by atoms with Gasteiger partial charge in [-0.2, -0.15) is 0 Å². The minimum atomic E-state index is -0.919. The topological polar surface area (TPSA) is 55.5 Å². The van der Waals surface area contributed by atoms with Crippen LogP contribution in [0.15, 0.2) is 90.1 Å². The molecule has 0 saturated heterocycles. The number of aryl methyl sites for hydroxylation is 3. The van der Waals surface area contributed by atoms with Gasteiger partial charge in [-0.05, 0) is 121 Å². The first-order chi connectivity index (χ1) is 18.5. The summed E-state index contributed by atoms with van der Waals surface area (Å²) in [5.41, 5.74) is 16.6. The molecule has 3 rings (SSSR count). The fourth-order valence-corrected chi connectivity index (χ4v) is 4.63. The van der Waals surface area contributed by atoms with E-state index in [2.05, 4.69) is 88.7 Å². The molecule has 0 spiro atoms. The Labute approximate surface area is 234 Å². The van der Waals surface area contributed by atoms with Crippen LogP contribution in [0.4, 0.5) is 0 Å². The summed E-state index contributed by atoms with van der Waals surface area (Å²) in [6.07, 6.45) is 8.42. The molecular weight excluding hydrogens is 476 g/mol. The summed E-state index contributed by atoms with van der Waals surface area (Å²) in [5.74, 6) is 0.377. The molecule has 3 aromatic rings. The van der Waals surface area contributed by atoms with Gasteiger partial charge in [0.05, 0.1) is 5.54 Å². The zero-order valence-electron chi connectivity index (χ0n) is 24.5. The fraction of sp³-hybridized carbons (Fsp3) is 0.278. The first-order valence-electron chi connectivity index (χ1n) is 13.6.